The Morgan fingerprint density at radius 1 is 1.06 bits per heavy atom. The van der Waals surface area contributed by atoms with E-state index in [0.29, 0.717) is 17.2 Å². The maximum absolute atomic E-state index is 12.1. The van der Waals surface area contributed by atoms with Gasteiger partial charge in [0, 0.05) is 21.4 Å². The van der Waals surface area contributed by atoms with Crippen LogP contribution in [0.5, 0.6) is 0 Å². The number of rotatable bonds is 4. The lowest BCUT2D eigenvalue weighted by atomic mass is 10.1. The van der Waals surface area contributed by atoms with E-state index in [1.54, 1.807) is 24.3 Å². The van der Waals surface area contributed by atoms with Gasteiger partial charge in [-0.05, 0) is 42.3 Å². The molecule has 0 heterocycles. The zero-order valence-electron chi connectivity index (χ0n) is 9.80. The average molecular weight is 280 g/mol. The predicted molar refractivity (Wildman–Crippen MR) is 77.3 cm³/mol. The van der Waals surface area contributed by atoms with Crippen LogP contribution in [-0.4, -0.2) is 9.96 Å². The highest BCUT2D eigenvalue weighted by Crippen LogP contribution is 2.16. The van der Waals surface area contributed by atoms with Crippen molar-refractivity contribution in [2.75, 3.05) is 11.5 Å². The molecule has 0 aromatic heterocycles. The molecular formula is C14H14ClNOS. The minimum absolute atomic E-state index is 0.565. The molecular weight excluding hydrogens is 266 g/mol. The van der Waals surface area contributed by atoms with Crippen LogP contribution >= 0.6 is 11.6 Å². The molecule has 0 aliphatic heterocycles. The molecule has 18 heavy (non-hydrogen) atoms. The normalized spacial score (nSPS) is 12.3. The molecule has 4 heteroatoms. The molecule has 2 rings (SSSR count). The molecule has 2 aromatic rings. The van der Waals surface area contributed by atoms with E-state index in [2.05, 4.69) is 0 Å². The van der Waals surface area contributed by atoms with Crippen molar-refractivity contribution in [2.24, 2.45) is 0 Å². The first kappa shape index (κ1) is 13.1. The Morgan fingerprint density at radius 3 is 2.39 bits per heavy atom. The van der Waals surface area contributed by atoms with Crippen LogP contribution < -0.4 is 5.73 Å². The zero-order chi connectivity index (χ0) is 13.0. The average Bonchev–Trinajstić information content (AvgIpc) is 2.38. The van der Waals surface area contributed by atoms with Crippen LogP contribution in [0, 0.1) is 0 Å². The molecule has 1 atom stereocenters. The molecule has 0 radical (unpaired) electrons. The third-order valence-electron chi connectivity index (χ3n) is 2.69. The number of anilines is 1. The summed E-state index contributed by atoms with van der Waals surface area (Å²) in [5, 5.41) is 0.656. The maximum Gasteiger partial charge on any atom is 0.0532 e. The van der Waals surface area contributed by atoms with Crippen LogP contribution in [0.2, 0.25) is 5.02 Å². The summed E-state index contributed by atoms with van der Waals surface area (Å²) in [5.41, 5.74) is 7.65. The van der Waals surface area contributed by atoms with Crippen molar-refractivity contribution < 1.29 is 4.21 Å². The molecule has 0 fully saturated rings. The van der Waals surface area contributed by atoms with Gasteiger partial charge in [0.15, 0.2) is 0 Å². The number of hydrogen-bond acceptors (Lipinski definition) is 2. The van der Waals surface area contributed by atoms with Gasteiger partial charge in [-0.15, -0.1) is 0 Å². The van der Waals surface area contributed by atoms with Crippen molar-refractivity contribution >= 4 is 28.1 Å². The minimum Gasteiger partial charge on any atom is -0.399 e. The first-order valence-electron chi connectivity index (χ1n) is 5.64. The number of halogens is 1. The van der Waals surface area contributed by atoms with Crippen LogP contribution in [0.3, 0.4) is 0 Å². The largest absolute Gasteiger partial charge is 0.399 e. The summed E-state index contributed by atoms with van der Waals surface area (Å²) in [5.74, 6) is 0.565. The van der Waals surface area contributed by atoms with Crippen molar-refractivity contribution in [2.45, 2.75) is 11.3 Å². The molecule has 2 aromatic carbocycles. The SMILES string of the molecule is Nc1ccccc1CCS(=O)c1ccc(Cl)cc1. The van der Waals surface area contributed by atoms with E-state index in [4.69, 9.17) is 17.3 Å². The monoisotopic (exact) mass is 279 g/mol. The Kier molecular flexibility index (Phi) is 4.39. The van der Waals surface area contributed by atoms with Crippen LogP contribution in [0.4, 0.5) is 5.69 Å². The quantitative estimate of drug-likeness (QED) is 0.873. The standard InChI is InChI=1S/C14H14ClNOS/c15-12-5-7-13(8-6-12)18(17)10-9-11-3-1-2-4-14(11)16/h1-8H,9-10,16H2. The van der Waals surface area contributed by atoms with Crippen molar-refractivity contribution in [3.8, 4) is 0 Å². The van der Waals surface area contributed by atoms with Crippen LogP contribution in [0.15, 0.2) is 53.4 Å². The number of aryl methyl sites for hydroxylation is 1. The molecule has 2 N–H and O–H groups in total. The third-order valence-corrected chi connectivity index (χ3v) is 4.31. The summed E-state index contributed by atoms with van der Waals surface area (Å²) in [6.45, 7) is 0. The Bertz CT molecular complexity index is 554. The molecule has 0 saturated carbocycles. The van der Waals surface area contributed by atoms with Gasteiger partial charge >= 0.3 is 0 Å². The predicted octanol–water partition coefficient (Wildman–Crippen LogP) is 3.27. The molecule has 94 valence electrons. The van der Waals surface area contributed by atoms with Gasteiger partial charge in [-0.2, -0.15) is 0 Å². The lowest BCUT2D eigenvalue weighted by Crippen LogP contribution is -2.03. The second kappa shape index (κ2) is 6.03. The van der Waals surface area contributed by atoms with Crippen LogP contribution in [0.1, 0.15) is 5.56 Å². The van der Waals surface area contributed by atoms with Gasteiger partial charge in [-0.25, -0.2) is 0 Å². The van der Waals surface area contributed by atoms with E-state index < -0.39 is 10.8 Å². The number of hydrogen-bond donors (Lipinski definition) is 1. The van der Waals surface area contributed by atoms with Gasteiger partial charge < -0.3 is 5.73 Å². The van der Waals surface area contributed by atoms with Crippen molar-refractivity contribution in [1.82, 2.24) is 0 Å². The van der Waals surface area contributed by atoms with Gasteiger partial charge in [-0.1, -0.05) is 29.8 Å². The van der Waals surface area contributed by atoms with E-state index in [0.717, 1.165) is 16.1 Å². The Labute approximate surface area is 114 Å². The fourth-order valence-corrected chi connectivity index (χ4v) is 2.88. The highest BCUT2D eigenvalue weighted by atomic mass is 35.5. The lowest BCUT2D eigenvalue weighted by Gasteiger charge is -2.05. The molecule has 0 aliphatic rings. The van der Waals surface area contributed by atoms with E-state index >= 15 is 0 Å². The molecule has 0 saturated heterocycles. The van der Waals surface area contributed by atoms with Crippen molar-refractivity contribution in [3.05, 3.63) is 59.1 Å². The smallest absolute Gasteiger partial charge is 0.0532 e. The summed E-state index contributed by atoms with van der Waals surface area (Å²) in [7, 11) is -1.01. The van der Waals surface area contributed by atoms with Gasteiger partial charge in [0.25, 0.3) is 0 Å². The number of nitrogen functional groups attached to an aromatic ring is 1. The Balaban J connectivity index is 2.01. The molecule has 0 bridgehead atoms. The number of nitrogens with two attached hydrogens (primary N) is 1. The highest BCUT2D eigenvalue weighted by molar-refractivity contribution is 7.85. The van der Waals surface area contributed by atoms with Gasteiger partial charge in [-0.3, -0.25) is 4.21 Å². The van der Waals surface area contributed by atoms with Crippen molar-refractivity contribution in [1.29, 1.82) is 0 Å². The van der Waals surface area contributed by atoms with Crippen LogP contribution in [-0.2, 0) is 17.2 Å². The summed E-state index contributed by atoms with van der Waals surface area (Å²) < 4.78 is 12.1. The van der Waals surface area contributed by atoms with Gasteiger partial charge in [0.2, 0.25) is 0 Å². The number of benzene rings is 2. The molecule has 0 spiro atoms. The van der Waals surface area contributed by atoms with E-state index in [9.17, 15) is 4.21 Å². The molecule has 0 aliphatic carbocycles. The van der Waals surface area contributed by atoms with Crippen LogP contribution in [0.25, 0.3) is 0 Å². The zero-order valence-corrected chi connectivity index (χ0v) is 11.4. The molecule has 2 nitrogen and oxygen atoms in total. The van der Waals surface area contributed by atoms with Gasteiger partial charge in [0.1, 0.15) is 0 Å². The first-order valence-corrected chi connectivity index (χ1v) is 7.34. The van der Waals surface area contributed by atoms with E-state index in [1.165, 1.54) is 0 Å². The van der Waals surface area contributed by atoms with E-state index in [1.807, 2.05) is 24.3 Å². The second-order valence-corrected chi connectivity index (χ2v) is 5.96. The van der Waals surface area contributed by atoms with Crippen molar-refractivity contribution in [3.63, 3.8) is 0 Å². The first-order chi connectivity index (χ1) is 8.66. The van der Waals surface area contributed by atoms with E-state index in [-0.39, 0.29) is 0 Å². The summed E-state index contributed by atoms with van der Waals surface area (Å²) in [6.07, 6.45) is 0.710. The maximum atomic E-state index is 12.1. The Morgan fingerprint density at radius 2 is 1.72 bits per heavy atom. The lowest BCUT2D eigenvalue weighted by molar-refractivity contribution is 0.682. The summed E-state index contributed by atoms with van der Waals surface area (Å²) in [4.78, 5) is 0.800. The molecule has 1 unspecified atom stereocenters. The number of para-hydroxylation sites is 1. The third kappa shape index (κ3) is 3.34. The summed E-state index contributed by atoms with van der Waals surface area (Å²) >= 11 is 5.79. The minimum atomic E-state index is -1.01. The topological polar surface area (TPSA) is 43.1 Å². The fraction of sp³-hybridized carbons (Fsp3) is 0.143. The summed E-state index contributed by atoms with van der Waals surface area (Å²) in [6, 6.07) is 14.8. The second-order valence-electron chi connectivity index (χ2n) is 3.95. The van der Waals surface area contributed by atoms with Gasteiger partial charge in [0.05, 0.1) is 10.8 Å². The molecule has 0 amide bonds. The fourth-order valence-electron chi connectivity index (χ4n) is 1.67. The highest BCUT2D eigenvalue weighted by Gasteiger charge is 2.05. The Hall–Kier alpha value is -1.32.